The van der Waals surface area contributed by atoms with Gasteiger partial charge in [-0.1, -0.05) is 38.1 Å². The van der Waals surface area contributed by atoms with Gasteiger partial charge in [-0.25, -0.2) is 4.79 Å². The van der Waals surface area contributed by atoms with Gasteiger partial charge in [0.15, 0.2) is 0 Å². The van der Waals surface area contributed by atoms with Gasteiger partial charge in [-0.2, -0.15) is 16.8 Å². The van der Waals surface area contributed by atoms with Crippen LogP contribution in [0.4, 0.5) is 5.69 Å². The van der Waals surface area contributed by atoms with E-state index in [2.05, 4.69) is 5.32 Å². The average molecular weight is 693 g/mol. The number of ether oxygens (including phenoxy) is 1. The second kappa shape index (κ2) is 11.1. The third-order valence-corrected chi connectivity index (χ3v) is 9.83. The summed E-state index contributed by atoms with van der Waals surface area (Å²) in [5.41, 5.74) is 2.76. The van der Waals surface area contributed by atoms with Gasteiger partial charge >= 0.3 is 5.97 Å². The van der Waals surface area contributed by atoms with Crippen molar-refractivity contribution in [3.05, 3.63) is 98.6 Å². The third-order valence-electron chi connectivity index (χ3n) is 8.48. The molecule has 0 amide bonds. The van der Waals surface area contributed by atoms with Crippen LogP contribution in [0.3, 0.4) is 0 Å². The molecule has 4 N–H and O–H groups in total. The second-order valence-corrected chi connectivity index (χ2v) is 16.8. The molecule has 0 bridgehead atoms. The summed E-state index contributed by atoms with van der Waals surface area (Å²) in [7, 11) is -8.85. The molecule has 3 aliphatic rings. The van der Waals surface area contributed by atoms with Crippen LogP contribution in [0.2, 0.25) is 0 Å². The number of hydrogen-bond donors (Lipinski definition) is 4. The predicted octanol–water partition coefficient (Wildman–Crippen LogP) is 5.02. The lowest BCUT2D eigenvalue weighted by Gasteiger charge is -2.34. The Morgan fingerprint density at radius 1 is 0.833 bits per heavy atom. The van der Waals surface area contributed by atoms with Crippen molar-refractivity contribution >= 4 is 48.6 Å². The van der Waals surface area contributed by atoms with Crippen LogP contribution in [0.5, 0.6) is 11.5 Å². The molecule has 48 heavy (non-hydrogen) atoms. The number of aromatic carboxylic acids is 1. The van der Waals surface area contributed by atoms with E-state index in [9.17, 15) is 35.8 Å². The van der Waals surface area contributed by atoms with E-state index in [4.69, 9.17) is 9.73 Å². The molecule has 3 aromatic carbocycles. The molecule has 252 valence electrons. The highest BCUT2D eigenvalue weighted by Crippen LogP contribution is 2.45. The summed E-state index contributed by atoms with van der Waals surface area (Å²) in [5, 5.41) is 14.7. The smallest absolute Gasteiger partial charge is 0.336 e. The normalized spacial score (nSPS) is 17.4. The molecule has 0 aliphatic carbocycles. The molecular weight excluding hydrogens is 657 g/mol. The summed E-state index contributed by atoms with van der Waals surface area (Å²) in [5.74, 6) is -1.72. The summed E-state index contributed by atoms with van der Waals surface area (Å²) < 4.78 is 74.5. The standard InChI is InChI=1S/C35H36N2O9S2/c1-18(2)19-7-8-22(25(9-19)33(38)39)32-26-10-23-20(16-47(40,41)42)14-34(3,4)36-28(23)12-30(26)46-31-13-29-24(11-27(31)32)21(17-48(43,44)45)15-35(5,6)37-29/h7-15,18,36H,16-17H2,1-6H3,(H,38,39)(H,40,41,42)(H,43,44,45). The molecule has 3 aromatic rings. The van der Waals surface area contributed by atoms with Crippen LogP contribution >= 0.6 is 0 Å². The van der Waals surface area contributed by atoms with Crippen molar-refractivity contribution in [2.24, 2.45) is 4.99 Å². The first kappa shape index (κ1) is 33.6. The molecule has 13 heteroatoms. The molecule has 0 saturated carbocycles. The molecule has 0 saturated heterocycles. The number of rotatable bonds is 7. The van der Waals surface area contributed by atoms with Gasteiger partial charge in [0.1, 0.15) is 23.0 Å². The van der Waals surface area contributed by atoms with Crippen molar-refractivity contribution in [2.75, 3.05) is 16.8 Å². The number of carbonyl (C=O) groups is 1. The monoisotopic (exact) mass is 692 g/mol. The number of anilines is 1. The van der Waals surface area contributed by atoms with E-state index in [0.717, 1.165) is 5.56 Å². The maximum Gasteiger partial charge on any atom is 0.336 e. The minimum absolute atomic E-state index is 0.0259. The summed E-state index contributed by atoms with van der Waals surface area (Å²) in [6, 6.07) is 12.0. The van der Waals surface area contributed by atoms with Crippen LogP contribution < -0.4 is 20.6 Å². The average Bonchev–Trinajstić information content (AvgIpc) is 2.91. The fraction of sp³-hybridized carbons (Fsp3) is 0.314. The largest absolute Gasteiger partial charge is 0.478 e. The Morgan fingerprint density at radius 2 is 1.48 bits per heavy atom. The Bertz CT molecular complexity index is 2350. The third kappa shape index (κ3) is 6.55. The van der Waals surface area contributed by atoms with Gasteiger partial charge in [-0.15, -0.1) is 0 Å². The Morgan fingerprint density at radius 3 is 2.08 bits per heavy atom. The summed E-state index contributed by atoms with van der Waals surface area (Å²) in [6.07, 6.45) is 3.39. The van der Waals surface area contributed by atoms with Gasteiger partial charge < -0.3 is 15.2 Å². The number of fused-ring (bicyclic) bond motifs is 4. The Labute approximate surface area is 278 Å². The van der Waals surface area contributed by atoms with Gasteiger partial charge in [0.2, 0.25) is 0 Å². The van der Waals surface area contributed by atoms with Gasteiger partial charge in [0, 0.05) is 45.3 Å². The van der Waals surface area contributed by atoms with Crippen molar-refractivity contribution in [2.45, 2.75) is 58.5 Å². The van der Waals surface area contributed by atoms with E-state index < -0.39 is 48.8 Å². The van der Waals surface area contributed by atoms with Crippen LogP contribution in [-0.4, -0.2) is 59.6 Å². The van der Waals surface area contributed by atoms with Gasteiger partial charge in [0.05, 0.1) is 22.0 Å². The zero-order valence-electron chi connectivity index (χ0n) is 27.2. The summed E-state index contributed by atoms with van der Waals surface area (Å²) in [4.78, 5) is 17.6. The molecule has 0 fully saturated rings. The van der Waals surface area contributed by atoms with E-state index in [1.165, 1.54) is 0 Å². The van der Waals surface area contributed by atoms with Crippen LogP contribution in [0.1, 0.15) is 85.6 Å². The highest BCUT2D eigenvalue weighted by atomic mass is 32.2. The topological polar surface area (TPSA) is 180 Å². The lowest BCUT2D eigenvalue weighted by atomic mass is 9.83. The lowest BCUT2D eigenvalue weighted by molar-refractivity contribution is 0.0696. The zero-order chi connectivity index (χ0) is 35.1. The minimum Gasteiger partial charge on any atom is -0.478 e. The van der Waals surface area contributed by atoms with Crippen LogP contribution in [0.15, 0.2) is 59.6 Å². The van der Waals surface area contributed by atoms with E-state index in [-0.39, 0.29) is 11.5 Å². The molecule has 0 atom stereocenters. The molecule has 3 aliphatic heterocycles. The Hall–Kier alpha value is -4.30. The molecule has 0 unspecified atom stereocenters. The van der Waals surface area contributed by atoms with Crippen molar-refractivity contribution < 1.29 is 40.6 Å². The highest BCUT2D eigenvalue weighted by molar-refractivity contribution is 7.86. The molecule has 0 aromatic heterocycles. The van der Waals surface area contributed by atoms with Crippen molar-refractivity contribution in [1.82, 2.24) is 0 Å². The van der Waals surface area contributed by atoms with E-state index >= 15 is 0 Å². The second-order valence-electron chi connectivity index (χ2n) is 13.9. The molecule has 3 heterocycles. The first-order valence-electron chi connectivity index (χ1n) is 15.2. The van der Waals surface area contributed by atoms with Crippen LogP contribution in [-0.2, 0) is 20.2 Å². The zero-order valence-corrected chi connectivity index (χ0v) is 28.9. The quantitative estimate of drug-likeness (QED) is 0.192. The SMILES string of the molecule is CC(C)c1ccc(C2=c3cc4c(cc3Oc3cc5c(cc32)C(CS(=O)(=O)O)=CC(C)(C)N5)=NC(C)(C)C=C4CS(=O)(=O)O)c(C(=O)O)c1. The molecule has 0 radical (unpaired) electrons. The first-order valence-corrected chi connectivity index (χ1v) is 18.5. The number of nitrogens with one attached hydrogen (secondary N) is 1. The molecule has 11 nitrogen and oxygen atoms in total. The number of benzene rings is 3. The molecule has 0 spiro atoms. The molecular formula is C35H36N2O9S2. The van der Waals surface area contributed by atoms with Gasteiger partial charge in [-0.3, -0.25) is 14.1 Å². The number of nitrogens with zero attached hydrogens (tertiary/aromatic N) is 1. The maximum atomic E-state index is 12.8. The van der Waals surface area contributed by atoms with Gasteiger partial charge in [0.25, 0.3) is 20.2 Å². The fourth-order valence-electron chi connectivity index (χ4n) is 6.67. The van der Waals surface area contributed by atoms with Crippen molar-refractivity contribution in [3.63, 3.8) is 0 Å². The highest BCUT2D eigenvalue weighted by Gasteiger charge is 2.33. The van der Waals surface area contributed by atoms with Crippen molar-refractivity contribution in [1.29, 1.82) is 0 Å². The fourth-order valence-corrected chi connectivity index (χ4v) is 7.94. The summed E-state index contributed by atoms with van der Waals surface area (Å²) in [6.45, 7) is 11.2. The number of hydrogen-bond acceptors (Lipinski definition) is 8. The minimum atomic E-state index is -4.43. The Balaban J connectivity index is 1.74. The Kier molecular flexibility index (Phi) is 7.79. The van der Waals surface area contributed by atoms with Crippen molar-refractivity contribution in [3.8, 4) is 11.5 Å². The van der Waals surface area contributed by atoms with E-state index in [1.54, 1.807) is 62.4 Å². The van der Waals surface area contributed by atoms with E-state index in [1.807, 2.05) is 33.8 Å². The lowest BCUT2D eigenvalue weighted by Crippen LogP contribution is -2.33. The molecule has 6 rings (SSSR count). The number of carboxylic acid groups (broad SMARTS) is 1. The maximum absolute atomic E-state index is 12.8. The van der Waals surface area contributed by atoms with Crippen LogP contribution in [0.25, 0.3) is 16.7 Å². The van der Waals surface area contributed by atoms with Crippen LogP contribution in [0, 0.1) is 0 Å². The summed E-state index contributed by atoms with van der Waals surface area (Å²) >= 11 is 0. The van der Waals surface area contributed by atoms with E-state index in [0.29, 0.717) is 66.7 Å². The first-order chi connectivity index (χ1) is 22.1. The number of carboxylic acids is 1. The van der Waals surface area contributed by atoms with Gasteiger partial charge in [-0.05, 0) is 74.1 Å². The predicted molar refractivity (Wildman–Crippen MR) is 183 cm³/mol.